The summed E-state index contributed by atoms with van der Waals surface area (Å²) in [6.07, 6.45) is 0. The van der Waals surface area contributed by atoms with Crippen LogP contribution in [0.2, 0.25) is 0 Å². The van der Waals surface area contributed by atoms with E-state index in [0.717, 1.165) is 17.1 Å². The molecule has 0 aromatic heterocycles. The van der Waals surface area contributed by atoms with Crippen molar-refractivity contribution in [2.24, 2.45) is 0 Å². The number of nitrogens with zero attached hydrogens (tertiary/aromatic N) is 1. The number of aryl methyl sites for hydroxylation is 1. The molecule has 0 unspecified atom stereocenters. The lowest BCUT2D eigenvalue weighted by Crippen LogP contribution is -2.16. The van der Waals surface area contributed by atoms with Gasteiger partial charge < -0.3 is 10.0 Å². The fourth-order valence-corrected chi connectivity index (χ4v) is 4.73. The van der Waals surface area contributed by atoms with Gasteiger partial charge in [0.2, 0.25) is 0 Å². The van der Waals surface area contributed by atoms with Crippen LogP contribution in [-0.2, 0) is 5.41 Å². The molecule has 32 heavy (non-hydrogen) atoms. The molecule has 1 N–H and O–H groups in total. The summed E-state index contributed by atoms with van der Waals surface area (Å²) in [4.78, 5) is 13.5. The van der Waals surface area contributed by atoms with Crippen LogP contribution in [0.5, 0.6) is 0 Å². The van der Waals surface area contributed by atoms with E-state index in [4.69, 9.17) is 0 Å². The molecule has 4 aromatic rings. The van der Waals surface area contributed by atoms with Crippen LogP contribution in [0, 0.1) is 6.92 Å². The molecule has 3 nitrogen and oxygen atoms in total. The predicted molar refractivity (Wildman–Crippen MR) is 130 cm³/mol. The first-order valence-electron chi connectivity index (χ1n) is 10.8. The Morgan fingerprint density at radius 1 is 0.719 bits per heavy atom. The van der Waals surface area contributed by atoms with Crippen molar-refractivity contribution in [3.63, 3.8) is 0 Å². The first-order chi connectivity index (χ1) is 15.4. The summed E-state index contributed by atoms with van der Waals surface area (Å²) >= 11 is 0. The van der Waals surface area contributed by atoms with Gasteiger partial charge in [-0.3, -0.25) is 0 Å². The lowest BCUT2D eigenvalue weighted by atomic mass is 9.82. The highest BCUT2D eigenvalue weighted by Crippen LogP contribution is 2.50. The Bertz CT molecular complexity index is 1320. The van der Waals surface area contributed by atoms with E-state index >= 15 is 0 Å². The molecule has 3 heteroatoms. The largest absolute Gasteiger partial charge is 0.478 e. The molecule has 0 amide bonds. The molecule has 5 rings (SSSR count). The molecule has 0 fully saturated rings. The number of anilines is 3. The van der Waals surface area contributed by atoms with Crippen LogP contribution in [0.3, 0.4) is 0 Å². The molecule has 0 atom stereocenters. The van der Waals surface area contributed by atoms with E-state index in [9.17, 15) is 9.90 Å². The van der Waals surface area contributed by atoms with E-state index in [2.05, 4.69) is 92.4 Å². The van der Waals surface area contributed by atoms with Crippen molar-refractivity contribution in [3.8, 4) is 11.1 Å². The molecule has 0 saturated carbocycles. The Hall–Kier alpha value is -3.85. The van der Waals surface area contributed by atoms with Crippen LogP contribution in [0.15, 0.2) is 91.0 Å². The van der Waals surface area contributed by atoms with Gasteiger partial charge >= 0.3 is 5.97 Å². The minimum absolute atomic E-state index is 0.0892. The van der Waals surface area contributed by atoms with Crippen molar-refractivity contribution in [3.05, 3.63) is 113 Å². The van der Waals surface area contributed by atoms with E-state index in [1.807, 2.05) is 12.1 Å². The summed E-state index contributed by atoms with van der Waals surface area (Å²) in [5, 5.41) is 9.31. The maximum atomic E-state index is 11.4. The lowest BCUT2D eigenvalue weighted by Gasteiger charge is -2.28. The van der Waals surface area contributed by atoms with E-state index in [-0.39, 0.29) is 11.0 Å². The number of rotatable bonds is 4. The molecule has 1 aliphatic rings. The van der Waals surface area contributed by atoms with Crippen LogP contribution in [0.25, 0.3) is 11.1 Å². The van der Waals surface area contributed by atoms with Crippen LogP contribution >= 0.6 is 0 Å². The molecule has 0 heterocycles. The Kier molecular flexibility index (Phi) is 4.63. The molecular formula is C29H25NO2. The monoisotopic (exact) mass is 419 g/mol. The summed E-state index contributed by atoms with van der Waals surface area (Å²) in [5.41, 5.74) is 9.62. The number of carbonyl (C=O) groups is 1. The van der Waals surface area contributed by atoms with E-state index in [0.29, 0.717) is 0 Å². The van der Waals surface area contributed by atoms with E-state index < -0.39 is 5.97 Å². The van der Waals surface area contributed by atoms with Gasteiger partial charge in [0.25, 0.3) is 0 Å². The zero-order valence-corrected chi connectivity index (χ0v) is 18.5. The summed E-state index contributed by atoms with van der Waals surface area (Å²) in [6, 6.07) is 30.7. The number of hydrogen-bond donors (Lipinski definition) is 1. The van der Waals surface area contributed by atoms with Crippen LogP contribution < -0.4 is 4.90 Å². The van der Waals surface area contributed by atoms with Crippen LogP contribution in [-0.4, -0.2) is 11.1 Å². The highest BCUT2D eigenvalue weighted by molar-refractivity contribution is 5.89. The molecule has 0 radical (unpaired) electrons. The molecule has 0 saturated heterocycles. The van der Waals surface area contributed by atoms with Gasteiger partial charge in [-0.2, -0.15) is 0 Å². The summed E-state index contributed by atoms with van der Waals surface area (Å²) in [7, 11) is 0. The second-order valence-electron chi connectivity index (χ2n) is 8.92. The van der Waals surface area contributed by atoms with Crippen molar-refractivity contribution in [1.82, 2.24) is 0 Å². The van der Waals surface area contributed by atoms with Gasteiger partial charge in [0.05, 0.1) is 5.56 Å². The van der Waals surface area contributed by atoms with Crippen molar-refractivity contribution >= 4 is 23.0 Å². The first kappa shape index (κ1) is 20.1. The third-order valence-electron chi connectivity index (χ3n) is 6.49. The third-order valence-corrected chi connectivity index (χ3v) is 6.49. The fraction of sp³-hybridized carbons (Fsp3) is 0.138. The van der Waals surface area contributed by atoms with Crippen LogP contribution in [0.4, 0.5) is 17.1 Å². The predicted octanol–water partition coefficient (Wildman–Crippen LogP) is 7.47. The zero-order valence-electron chi connectivity index (χ0n) is 18.5. The molecule has 1 aliphatic carbocycles. The van der Waals surface area contributed by atoms with E-state index in [1.165, 1.54) is 27.8 Å². The van der Waals surface area contributed by atoms with Crippen molar-refractivity contribution < 1.29 is 9.90 Å². The first-order valence-corrected chi connectivity index (χ1v) is 10.8. The van der Waals surface area contributed by atoms with Gasteiger partial charge in [0, 0.05) is 22.5 Å². The van der Waals surface area contributed by atoms with Gasteiger partial charge in [-0.25, -0.2) is 4.79 Å². The molecule has 158 valence electrons. The lowest BCUT2D eigenvalue weighted by molar-refractivity contribution is 0.0697. The average Bonchev–Trinajstić information content (AvgIpc) is 3.03. The van der Waals surface area contributed by atoms with Gasteiger partial charge in [-0.05, 0) is 77.7 Å². The fourth-order valence-electron chi connectivity index (χ4n) is 4.73. The summed E-state index contributed by atoms with van der Waals surface area (Å²) in [6.45, 7) is 6.63. The third kappa shape index (κ3) is 3.18. The Morgan fingerprint density at radius 3 is 1.94 bits per heavy atom. The standard InChI is InChI=1S/C29H25NO2/c1-19-8-12-21(13-9-19)30(22-14-10-20(11-15-22)28(31)32)23-16-17-25-24-6-4-5-7-26(24)29(2,3)27(25)18-23/h4-18H,1-3H3,(H,31,32). The maximum Gasteiger partial charge on any atom is 0.335 e. The molecule has 0 aliphatic heterocycles. The summed E-state index contributed by atoms with van der Waals surface area (Å²) < 4.78 is 0. The highest BCUT2D eigenvalue weighted by atomic mass is 16.4. The van der Waals surface area contributed by atoms with E-state index in [1.54, 1.807) is 12.1 Å². The van der Waals surface area contributed by atoms with Crippen molar-refractivity contribution in [2.45, 2.75) is 26.2 Å². The molecule has 4 aromatic carbocycles. The number of carboxylic acid groups (broad SMARTS) is 1. The minimum Gasteiger partial charge on any atom is -0.478 e. The van der Waals surface area contributed by atoms with Gasteiger partial charge in [-0.1, -0.05) is 61.9 Å². The normalized spacial score (nSPS) is 13.3. The highest BCUT2D eigenvalue weighted by Gasteiger charge is 2.35. The number of carboxylic acids is 1. The van der Waals surface area contributed by atoms with Crippen LogP contribution in [0.1, 0.15) is 40.9 Å². The quantitative estimate of drug-likeness (QED) is 0.373. The second kappa shape index (κ2) is 7.38. The topological polar surface area (TPSA) is 40.5 Å². The molecule has 0 spiro atoms. The smallest absolute Gasteiger partial charge is 0.335 e. The average molecular weight is 420 g/mol. The zero-order chi connectivity index (χ0) is 22.5. The maximum absolute atomic E-state index is 11.4. The van der Waals surface area contributed by atoms with Gasteiger partial charge in [0.15, 0.2) is 0 Å². The Labute approximate surface area is 188 Å². The number of benzene rings is 4. The Morgan fingerprint density at radius 2 is 1.28 bits per heavy atom. The van der Waals surface area contributed by atoms with Crippen molar-refractivity contribution in [1.29, 1.82) is 0 Å². The second-order valence-corrected chi connectivity index (χ2v) is 8.92. The number of hydrogen-bond acceptors (Lipinski definition) is 2. The minimum atomic E-state index is -0.921. The molecule has 0 bridgehead atoms. The van der Waals surface area contributed by atoms with Gasteiger partial charge in [-0.15, -0.1) is 0 Å². The Balaban J connectivity index is 1.67. The van der Waals surface area contributed by atoms with Crippen molar-refractivity contribution in [2.75, 3.05) is 4.90 Å². The number of aromatic carboxylic acids is 1. The number of fused-ring (bicyclic) bond motifs is 3. The SMILES string of the molecule is Cc1ccc(N(c2ccc(C(=O)O)cc2)c2ccc3c(c2)C(C)(C)c2ccccc2-3)cc1. The van der Waals surface area contributed by atoms with Gasteiger partial charge in [0.1, 0.15) is 0 Å². The summed E-state index contributed by atoms with van der Waals surface area (Å²) in [5.74, 6) is -0.921. The molecular weight excluding hydrogens is 394 g/mol.